The Hall–Kier alpha value is -0.710. The summed E-state index contributed by atoms with van der Waals surface area (Å²) in [5.41, 5.74) is 0.960. The lowest BCUT2D eigenvalue weighted by atomic mass is 10.1. The fourth-order valence-corrected chi connectivity index (χ4v) is 1.98. The third-order valence-electron chi connectivity index (χ3n) is 2.69. The quantitative estimate of drug-likeness (QED) is 0.874. The topological polar surface area (TPSA) is 38.3 Å². The van der Waals surface area contributed by atoms with Crippen molar-refractivity contribution in [1.29, 1.82) is 0 Å². The number of nitrogens with one attached hydrogen (secondary N) is 1. The number of methoxy groups -OCH3 is 1. The molecule has 1 aromatic carbocycles. The summed E-state index contributed by atoms with van der Waals surface area (Å²) in [5, 5.41) is 3.49. The van der Waals surface area contributed by atoms with Crippen molar-refractivity contribution in [2.24, 2.45) is 0 Å². The number of thioether (sulfide) groups is 1. The zero-order valence-electron chi connectivity index (χ0n) is 10.8. The van der Waals surface area contributed by atoms with Crippen molar-refractivity contribution in [3.63, 3.8) is 0 Å². The van der Waals surface area contributed by atoms with E-state index in [-0.39, 0.29) is 17.3 Å². The summed E-state index contributed by atoms with van der Waals surface area (Å²) in [5.74, 6) is 0.0200. The highest BCUT2D eigenvalue weighted by Gasteiger charge is 2.15. The van der Waals surface area contributed by atoms with E-state index in [4.69, 9.17) is 16.3 Å². The van der Waals surface area contributed by atoms with Crippen molar-refractivity contribution in [2.45, 2.75) is 18.3 Å². The molecule has 18 heavy (non-hydrogen) atoms. The lowest BCUT2D eigenvalue weighted by Gasteiger charge is -2.18. The van der Waals surface area contributed by atoms with Gasteiger partial charge >= 0.3 is 0 Å². The molecule has 0 heterocycles. The highest BCUT2D eigenvalue weighted by molar-refractivity contribution is 7.99. The molecule has 0 unspecified atom stereocenters. The smallest absolute Gasteiger partial charge is 0.232 e. The number of halogens is 1. The first kappa shape index (κ1) is 15.3. The molecule has 0 saturated heterocycles. The number of carbonyl (C=O) groups excluding carboxylic acids is 1. The summed E-state index contributed by atoms with van der Waals surface area (Å²) in [6.07, 6.45) is 1.73. The summed E-state index contributed by atoms with van der Waals surface area (Å²) >= 11 is 7.45. The maximum absolute atomic E-state index is 11.7. The van der Waals surface area contributed by atoms with Crippen molar-refractivity contribution < 1.29 is 9.53 Å². The van der Waals surface area contributed by atoms with E-state index in [2.05, 4.69) is 5.32 Å². The molecule has 0 aliphatic rings. The molecule has 100 valence electrons. The van der Waals surface area contributed by atoms with E-state index >= 15 is 0 Å². The molecule has 1 N–H and O–H groups in total. The number of hydrogen-bond donors (Lipinski definition) is 1. The SMILES string of the molecule is CO[C@@H](CNC(=O)[C@H](C)SC)c1cccc(Cl)c1. The Labute approximate surface area is 117 Å². The highest BCUT2D eigenvalue weighted by atomic mass is 35.5. The normalized spacial score (nSPS) is 14.0. The van der Waals surface area contributed by atoms with Crippen molar-refractivity contribution in [1.82, 2.24) is 5.32 Å². The molecule has 1 aromatic rings. The zero-order chi connectivity index (χ0) is 13.5. The molecule has 0 spiro atoms. The van der Waals surface area contributed by atoms with Crippen LogP contribution in [0.3, 0.4) is 0 Å². The van der Waals surface area contributed by atoms with E-state index in [1.165, 1.54) is 11.8 Å². The number of rotatable bonds is 6. The second kappa shape index (κ2) is 7.67. The average molecular weight is 288 g/mol. The minimum absolute atomic E-state index is 0.0200. The van der Waals surface area contributed by atoms with Crippen LogP contribution in [-0.4, -0.2) is 31.1 Å². The summed E-state index contributed by atoms with van der Waals surface area (Å²) in [7, 11) is 1.62. The van der Waals surface area contributed by atoms with Crippen LogP contribution in [0.2, 0.25) is 5.02 Å². The van der Waals surface area contributed by atoms with Gasteiger partial charge in [0.15, 0.2) is 0 Å². The van der Waals surface area contributed by atoms with Gasteiger partial charge < -0.3 is 10.1 Å². The molecule has 0 radical (unpaired) electrons. The van der Waals surface area contributed by atoms with Gasteiger partial charge in [-0.2, -0.15) is 11.8 Å². The molecule has 0 saturated carbocycles. The average Bonchev–Trinajstić information content (AvgIpc) is 2.38. The number of carbonyl (C=O) groups is 1. The van der Waals surface area contributed by atoms with Gasteiger partial charge in [0, 0.05) is 18.7 Å². The van der Waals surface area contributed by atoms with Crippen LogP contribution in [0, 0.1) is 0 Å². The van der Waals surface area contributed by atoms with Gasteiger partial charge in [0.2, 0.25) is 5.91 Å². The summed E-state index contributed by atoms with van der Waals surface area (Å²) in [6, 6.07) is 7.46. The Morgan fingerprint density at radius 1 is 1.56 bits per heavy atom. The molecular formula is C13H18ClNO2S. The lowest BCUT2D eigenvalue weighted by molar-refractivity contribution is -0.120. The van der Waals surface area contributed by atoms with Crippen LogP contribution in [0.25, 0.3) is 0 Å². The molecule has 0 fully saturated rings. The van der Waals surface area contributed by atoms with Gasteiger partial charge in [0.25, 0.3) is 0 Å². The zero-order valence-corrected chi connectivity index (χ0v) is 12.3. The maximum Gasteiger partial charge on any atom is 0.232 e. The van der Waals surface area contributed by atoms with E-state index in [1.807, 2.05) is 37.4 Å². The summed E-state index contributed by atoms with van der Waals surface area (Å²) in [6.45, 7) is 2.32. The maximum atomic E-state index is 11.7. The van der Waals surface area contributed by atoms with E-state index in [0.717, 1.165) is 5.56 Å². The Morgan fingerprint density at radius 3 is 2.83 bits per heavy atom. The predicted molar refractivity (Wildman–Crippen MR) is 77.2 cm³/mol. The first-order valence-electron chi connectivity index (χ1n) is 5.67. The van der Waals surface area contributed by atoms with E-state index in [9.17, 15) is 4.79 Å². The molecule has 0 aliphatic heterocycles. The van der Waals surface area contributed by atoms with Gasteiger partial charge in [-0.1, -0.05) is 23.7 Å². The molecule has 5 heteroatoms. The van der Waals surface area contributed by atoms with Crippen molar-refractivity contribution in [2.75, 3.05) is 19.9 Å². The van der Waals surface area contributed by atoms with E-state index < -0.39 is 0 Å². The molecule has 0 bridgehead atoms. The molecule has 1 rings (SSSR count). The van der Waals surface area contributed by atoms with Crippen LogP contribution in [-0.2, 0) is 9.53 Å². The van der Waals surface area contributed by atoms with E-state index in [0.29, 0.717) is 11.6 Å². The molecule has 2 atom stereocenters. The Bertz CT molecular complexity index is 400. The Balaban J connectivity index is 2.60. The minimum Gasteiger partial charge on any atom is -0.375 e. The monoisotopic (exact) mass is 287 g/mol. The lowest BCUT2D eigenvalue weighted by Crippen LogP contribution is -2.34. The molecular weight excluding hydrogens is 270 g/mol. The van der Waals surface area contributed by atoms with Crippen LogP contribution < -0.4 is 5.32 Å². The Morgan fingerprint density at radius 2 is 2.28 bits per heavy atom. The summed E-state index contributed by atoms with van der Waals surface area (Å²) < 4.78 is 5.37. The third-order valence-corrected chi connectivity index (χ3v) is 3.85. The van der Waals surface area contributed by atoms with Crippen LogP contribution in [0.5, 0.6) is 0 Å². The second-order valence-corrected chi connectivity index (χ2v) is 5.52. The number of amides is 1. The number of hydrogen-bond acceptors (Lipinski definition) is 3. The highest BCUT2D eigenvalue weighted by Crippen LogP contribution is 2.19. The standard InChI is InChI=1S/C13H18ClNO2S/c1-9(18-3)13(16)15-8-12(17-2)10-5-4-6-11(14)7-10/h4-7,9,12H,8H2,1-3H3,(H,15,16)/t9-,12-/m0/s1. The van der Waals surface area contributed by atoms with Crippen LogP contribution in [0.15, 0.2) is 24.3 Å². The van der Waals surface area contributed by atoms with Gasteiger partial charge in [-0.15, -0.1) is 0 Å². The van der Waals surface area contributed by atoms with Gasteiger partial charge in [-0.3, -0.25) is 4.79 Å². The largest absolute Gasteiger partial charge is 0.375 e. The first-order valence-corrected chi connectivity index (χ1v) is 7.33. The van der Waals surface area contributed by atoms with Gasteiger partial charge in [0.1, 0.15) is 0 Å². The van der Waals surface area contributed by atoms with Gasteiger partial charge in [-0.25, -0.2) is 0 Å². The molecule has 3 nitrogen and oxygen atoms in total. The third kappa shape index (κ3) is 4.52. The number of benzene rings is 1. The van der Waals surface area contributed by atoms with Gasteiger partial charge in [-0.05, 0) is 30.9 Å². The molecule has 0 aliphatic carbocycles. The fraction of sp³-hybridized carbons (Fsp3) is 0.462. The molecule has 0 aromatic heterocycles. The first-order chi connectivity index (χ1) is 8.58. The van der Waals surface area contributed by atoms with Crippen LogP contribution in [0.1, 0.15) is 18.6 Å². The summed E-state index contributed by atoms with van der Waals surface area (Å²) in [4.78, 5) is 11.7. The fourth-order valence-electron chi connectivity index (χ4n) is 1.49. The van der Waals surface area contributed by atoms with Crippen molar-refractivity contribution in [3.8, 4) is 0 Å². The second-order valence-electron chi connectivity index (χ2n) is 3.90. The van der Waals surface area contributed by atoms with Gasteiger partial charge in [0.05, 0.1) is 11.4 Å². The molecule has 1 amide bonds. The minimum atomic E-state index is -0.179. The van der Waals surface area contributed by atoms with Crippen molar-refractivity contribution >= 4 is 29.3 Å². The predicted octanol–water partition coefficient (Wildman–Crippen LogP) is 2.90. The van der Waals surface area contributed by atoms with E-state index in [1.54, 1.807) is 7.11 Å². The van der Waals surface area contributed by atoms with Crippen molar-refractivity contribution in [3.05, 3.63) is 34.9 Å². The Kier molecular flexibility index (Phi) is 6.54. The van der Waals surface area contributed by atoms with Crippen LogP contribution >= 0.6 is 23.4 Å². The van der Waals surface area contributed by atoms with Crippen LogP contribution in [0.4, 0.5) is 0 Å². The number of ether oxygens (including phenoxy) is 1.